The summed E-state index contributed by atoms with van der Waals surface area (Å²) in [4.78, 5) is 33.0. The van der Waals surface area contributed by atoms with Crippen molar-refractivity contribution in [2.75, 3.05) is 26.2 Å². The molecule has 0 aliphatic carbocycles. The molecule has 0 aliphatic rings. The van der Waals surface area contributed by atoms with Gasteiger partial charge in [0.25, 0.3) is 11.8 Å². The number of amides is 2. The number of carbonyl (C=O) groups is 2. The van der Waals surface area contributed by atoms with Gasteiger partial charge >= 0.3 is 0 Å². The molecular weight excluding hydrogens is 406 g/mol. The largest absolute Gasteiger partial charge is 0.302 e. The smallest absolute Gasteiger partial charge is 0.277 e. The Kier molecular flexibility index (Phi) is 8.33. The second-order valence-electron chi connectivity index (χ2n) is 7.36. The number of carbonyl (C=O) groups excluding carboxylic acids is 2. The Labute approximate surface area is 188 Å². The summed E-state index contributed by atoms with van der Waals surface area (Å²) in [7, 11) is 0. The number of nitrogens with one attached hydrogen (secondary N) is 1. The first-order valence-corrected chi connectivity index (χ1v) is 10.8. The van der Waals surface area contributed by atoms with Crippen LogP contribution in [0, 0.1) is 0 Å². The Balaban J connectivity index is 1.79. The van der Waals surface area contributed by atoms with Crippen molar-refractivity contribution in [3.63, 3.8) is 0 Å². The summed E-state index contributed by atoms with van der Waals surface area (Å²) < 4.78 is 0. The third kappa shape index (κ3) is 5.70. The fourth-order valence-electron chi connectivity index (χ4n) is 3.54. The van der Waals surface area contributed by atoms with Gasteiger partial charge in [0.05, 0.1) is 6.54 Å². The number of benzene rings is 3. The van der Waals surface area contributed by atoms with Crippen LogP contribution in [0.3, 0.4) is 0 Å². The molecule has 0 heterocycles. The zero-order chi connectivity index (χ0) is 22.9. The third-order valence-electron chi connectivity index (χ3n) is 5.49. The van der Waals surface area contributed by atoms with E-state index < -0.39 is 5.91 Å². The minimum atomic E-state index is -0.630. The molecule has 3 rings (SSSR count). The molecule has 7 nitrogen and oxygen atoms in total. The highest BCUT2D eigenvalue weighted by molar-refractivity contribution is 5.97. The van der Waals surface area contributed by atoms with Crippen LogP contribution in [-0.2, 0) is 11.4 Å². The van der Waals surface area contributed by atoms with Gasteiger partial charge in [0.2, 0.25) is 0 Å². The van der Waals surface area contributed by atoms with Gasteiger partial charge < -0.3 is 4.90 Å². The Morgan fingerprint density at radius 1 is 0.875 bits per heavy atom. The van der Waals surface area contributed by atoms with Gasteiger partial charge in [0.15, 0.2) is 0 Å². The molecule has 0 fully saturated rings. The van der Waals surface area contributed by atoms with E-state index in [2.05, 4.69) is 18.7 Å². The molecule has 0 unspecified atom stereocenters. The topological polar surface area (TPSA) is 82.1 Å². The van der Waals surface area contributed by atoms with E-state index in [1.807, 2.05) is 42.5 Å². The summed E-state index contributed by atoms with van der Waals surface area (Å²) in [6.07, 6.45) is 0. The van der Waals surface area contributed by atoms with Gasteiger partial charge in [-0.25, -0.2) is 10.5 Å². The van der Waals surface area contributed by atoms with Crippen LogP contribution in [0.4, 0.5) is 0 Å². The third-order valence-corrected chi connectivity index (χ3v) is 5.49. The zero-order valence-electron chi connectivity index (χ0n) is 18.5. The van der Waals surface area contributed by atoms with E-state index in [1.54, 1.807) is 17.6 Å². The summed E-state index contributed by atoms with van der Waals surface area (Å²) >= 11 is 0. The lowest BCUT2D eigenvalue weighted by molar-refractivity contribution is -0.135. The maximum Gasteiger partial charge on any atom is 0.277 e. The standard InChI is InChI=1S/C25H29N3O4/c1-3-27(4-2)16-17-28(25(30)21-14-12-20(13-15-21)24(29)26-31)32-18-22-10-7-9-19-8-5-6-11-23(19)22/h5-15,31H,3-4,16-18H2,1-2H3,(H,26,29). The van der Waals surface area contributed by atoms with Crippen LogP contribution in [0.25, 0.3) is 10.8 Å². The minimum absolute atomic E-state index is 0.260. The lowest BCUT2D eigenvalue weighted by atomic mass is 10.1. The normalized spacial score (nSPS) is 11.0. The van der Waals surface area contributed by atoms with Crippen LogP contribution in [0.1, 0.15) is 40.1 Å². The Morgan fingerprint density at radius 3 is 2.22 bits per heavy atom. The van der Waals surface area contributed by atoms with Crippen LogP contribution in [0.5, 0.6) is 0 Å². The number of hydrogen-bond donors (Lipinski definition) is 2. The van der Waals surface area contributed by atoms with Gasteiger partial charge in [-0.2, -0.15) is 0 Å². The summed E-state index contributed by atoms with van der Waals surface area (Å²) in [5.41, 5.74) is 3.25. The molecule has 0 atom stereocenters. The maximum atomic E-state index is 13.2. The number of fused-ring (bicyclic) bond motifs is 1. The molecule has 0 aromatic heterocycles. The average Bonchev–Trinajstić information content (AvgIpc) is 2.85. The van der Waals surface area contributed by atoms with Gasteiger partial charge in [-0.1, -0.05) is 56.3 Å². The van der Waals surface area contributed by atoms with E-state index in [0.717, 1.165) is 29.4 Å². The molecule has 7 heteroatoms. The summed E-state index contributed by atoms with van der Waals surface area (Å²) in [6, 6.07) is 20.2. The van der Waals surface area contributed by atoms with Crippen molar-refractivity contribution in [3.8, 4) is 0 Å². The Hall–Kier alpha value is -3.26. The fourth-order valence-corrected chi connectivity index (χ4v) is 3.54. The van der Waals surface area contributed by atoms with Crippen molar-refractivity contribution < 1.29 is 19.6 Å². The van der Waals surface area contributed by atoms with Crippen molar-refractivity contribution in [2.24, 2.45) is 0 Å². The summed E-state index contributed by atoms with van der Waals surface area (Å²) in [6.45, 7) is 7.27. The van der Waals surface area contributed by atoms with Crippen LogP contribution in [-0.4, -0.2) is 53.2 Å². The van der Waals surface area contributed by atoms with Crippen molar-refractivity contribution in [1.29, 1.82) is 0 Å². The molecule has 3 aromatic carbocycles. The molecule has 0 saturated heterocycles. The predicted octanol–water partition coefficient (Wildman–Crippen LogP) is 3.87. The number of nitrogens with zero attached hydrogens (tertiary/aromatic N) is 2. The van der Waals surface area contributed by atoms with Gasteiger partial charge in [-0.15, -0.1) is 0 Å². The predicted molar refractivity (Wildman–Crippen MR) is 123 cm³/mol. The van der Waals surface area contributed by atoms with Crippen molar-refractivity contribution in [1.82, 2.24) is 15.4 Å². The highest BCUT2D eigenvalue weighted by atomic mass is 16.7. The molecule has 0 bridgehead atoms. The van der Waals surface area contributed by atoms with E-state index >= 15 is 0 Å². The lowest BCUT2D eigenvalue weighted by Crippen LogP contribution is -2.38. The molecule has 2 N–H and O–H groups in total. The monoisotopic (exact) mass is 435 g/mol. The van der Waals surface area contributed by atoms with E-state index in [-0.39, 0.29) is 18.1 Å². The molecule has 168 valence electrons. The molecule has 32 heavy (non-hydrogen) atoms. The number of hydroxylamine groups is 3. The fraction of sp³-hybridized carbons (Fsp3) is 0.280. The zero-order valence-corrected chi connectivity index (χ0v) is 18.5. The first-order valence-electron chi connectivity index (χ1n) is 10.8. The van der Waals surface area contributed by atoms with Crippen molar-refractivity contribution >= 4 is 22.6 Å². The summed E-state index contributed by atoms with van der Waals surface area (Å²) in [5.74, 6) is -0.914. The second kappa shape index (κ2) is 11.4. The number of hydrogen-bond acceptors (Lipinski definition) is 5. The summed E-state index contributed by atoms with van der Waals surface area (Å²) in [5, 5.41) is 12.4. The number of rotatable bonds is 10. The van der Waals surface area contributed by atoms with Crippen molar-refractivity contribution in [3.05, 3.63) is 83.4 Å². The van der Waals surface area contributed by atoms with Gasteiger partial charge in [0, 0.05) is 17.7 Å². The minimum Gasteiger partial charge on any atom is -0.302 e. The highest BCUT2D eigenvalue weighted by Crippen LogP contribution is 2.20. The Morgan fingerprint density at radius 2 is 1.53 bits per heavy atom. The molecular formula is C25H29N3O4. The highest BCUT2D eigenvalue weighted by Gasteiger charge is 2.19. The van der Waals surface area contributed by atoms with E-state index in [0.29, 0.717) is 18.7 Å². The lowest BCUT2D eigenvalue weighted by Gasteiger charge is -2.26. The first kappa shape index (κ1) is 23.4. The molecule has 0 saturated carbocycles. The molecule has 0 radical (unpaired) electrons. The van der Waals surface area contributed by atoms with E-state index in [9.17, 15) is 9.59 Å². The quantitative estimate of drug-likeness (QED) is 0.373. The van der Waals surface area contributed by atoms with Gasteiger partial charge in [-0.3, -0.25) is 19.6 Å². The first-order chi connectivity index (χ1) is 15.6. The molecule has 0 aliphatic heterocycles. The van der Waals surface area contributed by atoms with E-state index in [1.165, 1.54) is 17.2 Å². The second-order valence-corrected chi connectivity index (χ2v) is 7.36. The molecule has 0 spiro atoms. The Bertz CT molecular complexity index is 1040. The number of likely N-dealkylation sites (N-methyl/N-ethyl adjacent to an activating group) is 1. The van der Waals surface area contributed by atoms with Crippen LogP contribution >= 0.6 is 0 Å². The molecule has 2 amide bonds. The SMILES string of the molecule is CCN(CC)CCN(OCc1cccc2ccccc12)C(=O)c1ccc(C(=O)NO)cc1. The van der Waals surface area contributed by atoms with Crippen LogP contribution in [0.15, 0.2) is 66.7 Å². The van der Waals surface area contributed by atoms with Gasteiger partial charge in [0.1, 0.15) is 6.61 Å². The average molecular weight is 436 g/mol. The van der Waals surface area contributed by atoms with E-state index in [4.69, 9.17) is 10.0 Å². The van der Waals surface area contributed by atoms with Crippen LogP contribution in [0.2, 0.25) is 0 Å². The maximum absolute atomic E-state index is 13.2. The van der Waals surface area contributed by atoms with Gasteiger partial charge in [-0.05, 0) is 53.7 Å². The van der Waals surface area contributed by atoms with Crippen LogP contribution < -0.4 is 5.48 Å². The van der Waals surface area contributed by atoms with Crippen molar-refractivity contribution in [2.45, 2.75) is 20.5 Å². The molecule has 3 aromatic rings.